The highest BCUT2D eigenvalue weighted by Crippen LogP contribution is 2.30. The van der Waals surface area contributed by atoms with E-state index in [9.17, 15) is 17.6 Å². The highest BCUT2D eigenvalue weighted by molar-refractivity contribution is 5.56. The molecule has 1 heterocycles. The van der Waals surface area contributed by atoms with Gasteiger partial charge in [-0.05, 0) is 30.5 Å². The quantitative estimate of drug-likeness (QED) is 0.842. The lowest BCUT2D eigenvalue weighted by Gasteiger charge is -2.10. The fraction of sp³-hybridized carbons (Fsp3) is 0.429. The van der Waals surface area contributed by atoms with Crippen molar-refractivity contribution in [2.24, 2.45) is 11.7 Å². The summed E-state index contributed by atoms with van der Waals surface area (Å²) < 4.78 is 58.7. The predicted octanol–water partition coefficient (Wildman–Crippen LogP) is 3.82. The van der Waals surface area contributed by atoms with Crippen molar-refractivity contribution in [3.8, 4) is 17.2 Å². The largest absolute Gasteiger partial charge is 0.573 e. The first-order chi connectivity index (χ1) is 10.7. The second-order valence-electron chi connectivity index (χ2n) is 5.39. The zero-order chi connectivity index (χ0) is 17.2. The van der Waals surface area contributed by atoms with E-state index in [2.05, 4.69) is 14.9 Å². The van der Waals surface area contributed by atoms with Gasteiger partial charge in [-0.25, -0.2) is 4.39 Å². The molecule has 0 saturated heterocycles. The minimum atomic E-state index is -5.00. The molecule has 0 bridgehead atoms. The van der Waals surface area contributed by atoms with Gasteiger partial charge in [-0.15, -0.1) is 13.2 Å². The third-order valence-corrected chi connectivity index (χ3v) is 2.90. The first kappa shape index (κ1) is 17.2. The van der Waals surface area contributed by atoms with Crippen molar-refractivity contribution in [3.05, 3.63) is 29.8 Å². The standard InChI is InChI=1S/C14H15F4N3O2/c1-7(2)5-10(19)12-20-13(23-21-12)8-3-4-9(15)11(6-8)22-14(16,17)18/h3-4,6-7,10H,5,19H2,1-2H3. The number of halogens is 4. The molecule has 9 heteroatoms. The van der Waals surface area contributed by atoms with Crippen LogP contribution in [0.1, 0.15) is 32.1 Å². The van der Waals surface area contributed by atoms with Gasteiger partial charge in [-0.3, -0.25) is 0 Å². The van der Waals surface area contributed by atoms with E-state index in [1.54, 1.807) is 0 Å². The Morgan fingerprint density at radius 3 is 2.61 bits per heavy atom. The van der Waals surface area contributed by atoms with Gasteiger partial charge in [0.1, 0.15) is 0 Å². The van der Waals surface area contributed by atoms with Crippen LogP contribution in [0.15, 0.2) is 22.7 Å². The highest BCUT2D eigenvalue weighted by atomic mass is 19.4. The van der Waals surface area contributed by atoms with Crippen molar-refractivity contribution in [1.29, 1.82) is 0 Å². The van der Waals surface area contributed by atoms with Crippen molar-refractivity contribution in [3.63, 3.8) is 0 Å². The van der Waals surface area contributed by atoms with E-state index in [1.807, 2.05) is 13.8 Å². The molecule has 0 saturated carbocycles. The molecular weight excluding hydrogens is 318 g/mol. The summed E-state index contributed by atoms with van der Waals surface area (Å²) in [5.41, 5.74) is 6.00. The number of benzene rings is 1. The Hall–Kier alpha value is -2.16. The molecule has 0 amide bonds. The van der Waals surface area contributed by atoms with Gasteiger partial charge in [0.05, 0.1) is 6.04 Å². The number of nitrogens with two attached hydrogens (primary N) is 1. The molecule has 0 aliphatic rings. The SMILES string of the molecule is CC(C)CC(N)c1noc(-c2ccc(F)c(OC(F)(F)F)c2)n1. The van der Waals surface area contributed by atoms with Crippen molar-refractivity contribution in [2.45, 2.75) is 32.7 Å². The van der Waals surface area contributed by atoms with Crippen LogP contribution >= 0.6 is 0 Å². The van der Waals surface area contributed by atoms with Crippen LogP contribution in [0.3, 0.4) is 0 Å². The molecule has 0 spiro atoms. The summed E-state index contributed by atoms with van der Waals surface area (Å²) in [7, 11) is 0. The third-order valence-electron chi connectivity index (χ3n) is 2.90. The van der Waals surface area contributed by atoms with E-state index in [1.165, 1.54) is 6.07 Å². The predicted molar refractivity (Wildman–Crippen MR) is 72.8 cm³/mol. The Kier molecular flexibility index (Phi) is 4.88. The molecule has 23 heavy (non-hydrogen) atoms. The summed E-state index contributed by atoms with van der Waals surface area (Å²) in [4.78, 5) is 4.04. The number of rotatable bonds is 5. The molecule has 1 aromatic carbocycles. The van der Waals surface area contributed by atoms with Crippen LogP contribution in [-0.2, 0) is 0 Å². The molecule has 126 valence electrons. The first-order valence-corrected chi connectivity index (χ1v) is 6.80. The van der Waals surface area contributed by atoms with Crippen LogP contribution in [-0.4, -0.2) is 16.5 Å². The summed E-state index contributed by atoms with van der Waals surface area (Å²) in [6.45, 7) is 3.95. The minimum Gasteiger partial charge on any atom is -0.403 e. The number of nitrogens with zero attached hydrogens (tertiary/aromatic N) is 2. The summed E-state index contributed by atoms with van der Waals surface area (Å²) >= 11 is 0. The monoisotopic (exact) mass is 333 g/mol. The molecule has 0 fully saturated rings. The van der Waals surface area contributed by atoms with E-state index in [-0.39, 0.29) is 17.3 Å². The van der Waals surface area contributed by atoms with Crippen LogP contribution in [0, 0.1) is 11.7 Å². The van der Waals surface area contributed by atoms with Crippen molar-refractivity contribution in [1.82, 2.24) is 10.1 Å². The molecule has 0 aliphatic carbocycles. The Bertz CT molecular complexity index is 670. The van der Waals surface area contributed by atoms with Gasteiger partial charge in [0, 0.05) is 5.56 Å². The lowest BCUT2D eigenvalue weighted by atomic mass is 10.0. The van der Waals surface area contributed by atoms with Crippen LogP contribution in [0.5, 0.6) is 5.75 Å². The van der Waals surface area contributed by atoms with Crippen LogP contribution < -0.4 is 10.5 Å². The Morgan fingerprint density at radius 2 is 2.00 bits per heavy atom. The maximum atomic E-state index is 13.4. The number of hydrogen-bond donors (Lipinski definition) is 1. The number of ether oxygens (including phenoxy) is 1. The van der Waals surface area contributed by atoms with E-state index in [0.29, 0.717) is 12.3 Å². The summed E-state index contributed by atoms with van der Waals surface area (Å²) in [5, 5.41) is 3.70. The molecule has 1 aromatic heterocycles. The Balaban J connectivity index is 2.26. The van der Waals surface area contributed by atoms with Crippen molar-refractivity contribution >= 4 is 0 Å². The molecule has 2 rings (SSSR count). The van der Waals surface area contributed by atoms with Gasteiger partial charge in [-0.2, -0.15) is 4.98 Å². The fourth-order valence-electron chi connectivity index (χ4n) is 1.96. The summed E-state index contributed by atoms with van der Waals surface area (Å²) in [5.74, 6) is -1.64. The molecule has 2 N–H and O–H groups in total. The zero-order valence-corrected chi connectivity index (χ0v) is 12.4. The van der Waals surface area contributed by atoms with E-state index in [0.717, 1.165) is 12.1 Å². The Labute approximate surface area is 129 Å². The molecule has 0 radical (unpaired) electrons. The highest BCUT2D eigenvalue weighted by Gasteiger charge is 2.32. The second kappa shape index (κ2) is 6.53. The average molecular weight is 333 g/mol. The van der Waals surface area contributed by atoms with E-state index < -0.39 is 24.0 Å². The molecule has 5 nitrogen and oxygen atoms in total. The lowest BCUT2D eigenvalue weighted by molar-refractivity contribution is -0.275. The minimum absolute atomic E-state index is 0.0637. The van der Waals surface area contributed by atoms with E-state index >= 15 is 0 Å². The Morgan fingerprint density at radius 1 is 1.30 bits per heavy atom. The number of aromatic nitrogens is 2. The van der Waals surface area contributed by atoms with Gasteiger partial charge in [0.25, 0.3) is 5.89 Å². The van der Waals surface area contributed by atoms with Gasteiger partial charge in [0.2, 0.25) is 0 Å². The summed E-state index contributed by atoms with van der Waals surface area (Å²) in [6.07, 6.45) is -4.39. The summed E-state index contributed by atoms with van der Waals surface area (Å²) in [6, 6.07) is 2.42. The maximum Gasteiger partial charge on any atom is 0.573 e. The second-order valence-corrected chi connectivity index (χ2v) is 5.39. The lowest BCUT2D eigenvalue weighted by Crippen LogP contribution is -2.18. The normalized spacial score (nSPS) is 13.4. The van der Waals surface area contributed by atoms with E-state index in [4.69, 9.17) is 10.3 Å². The van der Waals surface area contributed by atoms with Crippen LogP contribution in [0.4, 0.5) is 17.6 Å². The zero-order valence-electron chi connectivity index (χ0n) is 12.4. The molecule has 1 atom stereocenters. The van der Waals surface area contributed by atoms with Gasteiger partial charge < -0.3 is 15.0 Å². The average Bonchev–Trinajstić information content (AvgIpc) is 2.88. The topological polar surface area (TPSA) is 74.2 Å². The molecule has 0 aliphatic heterocycles. The third kappa shape index (κ3) is 4.65. The molecule has 2 aromatic rings. The number of alkyl halides is 3. The number of hydrogen-bond acceptors (Lipinski definition) is 5. The van der Waals surface area contributed by atoms with Gasteiger partial charge in [-0.1, -0.05) is 19.0 Å². The van der Waals surface area contributed by atoms with Gasteiger partial charge >= 0.3 is 6.36 Å². The van der Waals surface area contributed by atoms with Crippen LogP contribution in [0.25, 0.3) is 11.5 Å². The van der Waals surface area contributed by atoms with Crippen molar-refractivity contribution in [2.75, 3.05) is 0 Å². The maximum absolute atomic E-state index is 13.4. The first-order valence-electron chi connectivity index (χ1n) is 6.80. The fourth-order valence-corrected chi connectivity index (χ4v) is 1.96. The molecular formula is C14H15F4N3O2. The smallest absolute Gasteiger partial charge is 0.403 e. The van der Waals surface area contributed by atoms with Gasteiger partial charge in [0.15, 0.2) is 17.4 Å². The van der Waals surface area contributed by atoms with Crippen molar-refractivity contribution < 1.29 is 26.8 Å². The molecule has 1 unspecified atom stereocenters. The van der Waals surface area contributed by atoms with Crippen LogP contribution in [0.2, 0.25) is 0 Å².